The van der Waals surface area contributed by atoms with Gasteiger partial charge in [-0.3, -0.25) is 4.48 Å². The third-order valence-corrected chi connectivity index (χ3v) is 4.23. The van der Waals surface area contributed by atoms with Gasteiger partial charge in [-0.2, -0.15) is 0 Å². The van der Waals surface area contributed by atoms with Crippen LogP contribution in [0.25, 0.3) is 10.8 Å². The van der Waals surface area contributed by atoms with Gasteiger partial charge in [-0.15, -0.1) is 0 Å². The summed E-state index contributed by atoms with van der Waals surface area (Å²) in [5.74, 6) is -1.13. The lowest BCUT2D eigenvalue weighted by Gasteiger charge is -2.27. The summed E-state index contributed by atoms with van der Waals surface area (Å²) in [6, 6.07) is 23.1. The van der Waals surface area contributed by atoms with Crippen LogP contribution < -0.4 is 9.59 Å². The average molecular weight is 321 g/mol. The summed E-state index contributed by atoms with van der Waals surface area (Å²) in [5, 5.41) is 12.5. The third kappa shape index (κ3) is 4.43. The molecule has 3 aromatic rings. The summed E-state index contributed by atoms with van der Waals surface area (Å²) >= 11 is 0. The van der Waals surface area contributed by atoms with Crippen LogP contribution in [-0.2, 0) is 0 Å². The second-order valence-corrected chi connectivity index (χ2v) is 6.19. The predicted octanol–water partition coefficient (Wildman–Crippen LogP) is 3.48. The van der Waals surface area contributed by atoms with E-state index in [0.717, 1.165) is 21.8 Å². The maximum absolute atomic E-state index is 10.5. The number of hydrogen-bond donors (Lipinski definition) is 0. The molecule has 0 bridgehead atoms. The topological polar surface area (TPSA) is 40.1 Å². The number of hydrogen-bond acceptors (Lipinski definition) is 2. The lowest BCUT2D eigenvalue weighted by Crippen LogP contribution is -2.39. The number of carbonyl (C=O) groups is 1. The van der Waals surface area contributed by atoms with E-state index in [2.05, 4.69) is 51.4 Å². The Morgan fingerprint density at radius 2 is 1.46 bits per heavy atom. The Morgan fingerprint density at radius 3 is 2.04 bits per heavy atom. The van der Waals surface area contributed by atoms with Gasteiger partial charge in [0.15, 0.2) is 0 Å². The van der Waals surface area contributed by atoms with Crippen LogP contribution >= 0.6 is 0 Å². The van der Waals surface area contributed by atoms with Crippen LogP contribution in [0.15, 0.2) is 72.8 Å². The van der Waals surface area contributed by atoms with Gasteiger partial charge in [0, 0.05) is 0 Å². The van der Waals surface area contributed by atoms with Crippen molar-refractivity contribution in [3.8, 4) is 0 Å². The molecule has 3 rings (SSSR count). The van der Waals surface area contributed by atoms with E-state index in [1.54, 1.807) is 18.2 Å². The average Bonchev–Trinajstić information content (AvgIpc) is 2.62. The second kappa shape index (κ2) is 7.75. The molecule has 0 N–H and O–H groups in total. The molecule has 0 aliphatic carbocycles. The van der Waals surface area contributed by atoms with Gasteiger partial charge in [-0.25, -0.2) is 0 Å². The molecule has 0 heterocycles. The fourth-order valence-electron chi connectivity index (χ4n) is 2.33. The molecule has 0 saturated heterocycles. The first-order valence-electron chi connectivity index (χ1n) is 8.03. The van der Waals surface area contributed by atoms with E-state index in [9.17, 15) is 9.90 Å². The molecular formula is C21H23NO2. The van der Waals surface area contributed by atoms with Gasteiger partial charge < -0.3 is 9.90 Å². The molecule has 0 aliphatic rings. The van der Waals surface area contributed by atoms with Crippen molar-refractivity contribution in [1.82, 2.24) is 4.48 Å². The molecule has 0 aliphatic heterocycles. The van der Waals surface area contributed by atoms with Crippen LogP contribution in [0.5, 0.6) is 0 Å². The SMILES string of the molecule is CC[N+](C)(C)c1ccccc1.O=C([O-])c1ccc2ccccc2c1. The van der Waals surface area contributed by atoms with Crippen LogP contribution in [-0.4, -0.2) is 26.6 Å². The van der Waals surface area contributed by atoms with Crippen LogP contribution in [0.3, 0.4) is 0 Å². The normalized spacial score (nSPS) is 10.8. The zero-order valence-electron chi connectivity index (χ0n) is 14.4. The van der Waals surface area contributed by atoms with Crippen LogP contribution in [0.1, 0.15) is 17.3 Å². The summed E-state index contributed by atoms with van der Waals surface area (Å²) in [4.78, 5) is 10.5. The molecule has 0 spiro atoms. The first-order valence-corrected chi connectivity index (χ1v) is 8.03. The van der Waals surface area contributed by atoms with Crippen LogP contribution in [0.4, 0.5) is 5.69 Å². The molecule has 0 unspecified atom stereocenters. The van der Waals surface area contributed by atoms with Crippen molar-refractivity contribution in [3.63, 3.8) is 0 Å². The number of benzene rings is 3. The molecule has 3 nitrogen and oxygen atoms in total. The Hall–Kier alpha value is -2.65. The maximum Gasteiger partial charge on any atom is 0.132 e. The van der Waals surface area contributed by atoms with Gasteiger partial charge in [-0.1, -0.05) is 54.6 Å². The number of aromatic carboxylic acids is 1. The predicted molar refractivity (Wildman–Crippen MR) is 98.9 cm³/mol. The molecule has 3 heteroatoms. The lowest BCUT2D eigenvalue weighted by atomic mass is 10.1. The molecule has 0 fully saturated rings. The highest BCUT2D eigenvalue weighted by Crippen LogP contribution is 2.16. The third-order valence-electron chi connectivity index (χ3n) is 4.23. The molecule has 0 saturated carbocycles. The van der Waals surface area contributed by atoms with Gasteiger partial charge in [0.2, 0.25) is 0 Å². The molecule has 0 amide bonds. The van der Waals surface area contributed by atoms with E-state index in [0.29, 0.717) is 0 Å². The number of para-hydroxylation sites is 1. The van der Waals surface area contributed by atoms with Gasteiger partial charge >= 0.3 is 0 Å². The number of carboxylic acid groups (broad SMARTS) is 1. The minimum Gasteiger partial charge on any atom is -0.545 e. The molecule has 3 aromatic carbocycles. The molecular weight excluding hydrogens is 298 g/mol. The van der Waals surface area contributed by atoms with E-state index < -0.39 is 5.97 Å². The monoisotopic (exact) mass is 321 g/mol. The molecule has 24 heavy (non-hydrogen) atoms. The Balaban J connectivity index is 0.000000177. The Morgan fingerprint density at radius 1 is 0.875 bits per heavy atom. The van der Waals surface area contributed by atoms with Crippen molar-refractivity contribution in [2.45, 2.75) is 6.92 Å². The second-order valence-electron chi connectivity index (χ2n) is 6.19. The fourth-order valence-corrected chi connectivity index (χ4v) is 2.33. The van der Waals surface area contributed by atoms with Crippen molar-refractivity contribution < 1.29 is 9.90 Å². The van der Waals surface area contributed by atoms with Gasteiger partial charge in [-0.05, 0) is 41.5 Å². The summed E-state index contributed by atoms with van der Waals surface area (Å²) < 4.78 is 0.959. The summed E-state index contributed by atoms with van der Waals surface area (Å²) in [6.45, 7) is 3.33. The first-order chi connectivity index (χ1) is 11.4. The largest absolute Gasteiger partial charge is 0.545 e. The summed E-state index contributed by atoms with van der Waals surface area (Å²) in [5.41, 5.74) is 1.59. The van der Waals surface area contributed by atoms with E-state index in [1.165, 1.54) is 5.69 Å². The number of rotatable bonds is 3. The van der Waals surface area contributed by atoms with Crippen molar-refractivity contribution in [3.05, 3.63) is 78.4 Å². The summed E-state index contributed by atoms with van der Waals surface area (Å²) in [6.07, 6.45) is 0. The molecule has 0 aromatic heterocycles. The van der Waals surface area contributed by atoms with Crippen molar-refractivity contribution in [1.29, 1.82) is 0 Å². The van der Waals surface area contributed by atoms with Crippen molar-refractivity contribution >= 4 is 22.4 Å². The van der Waals surface area contributed by atoms with Crippen LogP contribution in [0.2, 0.25) is 0 Å². The highest BCUT2D eigenvalue weighted by atomic mass is 16.4. The number of carbonyl (C=O) groups excluding carboxylic acids is 1. The van der Waals surface area contributed by atoms with E-state index in [4.69, 9.17) is 0 Å². The van der Waals surface area contributed by atoms with Gasteiger partial charge in [0.1, 0.15) is 5.69 Å². The maximum atomic E-state index is 10.5. The minimum absolute atomic E-state index is 0.221. The Labute approximate surface area is 143 Å². The van der Waals surface area contributed by atoms with Crippen molar-refractivity contribution in [2.75, 3.05) is 20.6 Å². The van der Waals surface area contributed by atoms with Crippen LogP contribution in [0, 0.1) is 0 Å². The fraction of sp³-hybridized carbons (Fsp3) is 0.190. The van der Waals surface area contributed by atoms with E-state index in [1.807, 2.05) is 24.3 Å². The lowest BCUT2D eigenvalue weighted by molar-refractivity contribution is -0.255. The zero-order chi connectivity index (χ0) is 17.6. The smallest absolute Gasteiger partial charge is 0.132 e. The quantitative estimate of drug-likeness (QED) is 0.693. The molecule has 0 radical (unpaired) electrons. The standard InChI is InChI=1S/C11H8O2.C10H16N/c12-11(13)10-6-5-8-3-1-2-4-9(8)7-10;1-4-11(2,3)10-8-6-5-7-9-10/h1-7H,(H,12,13);5-9H,4H2,1-3H3/q;+1/p-1. The van der Waals surface area contributed by atoms with E-state index >= 15 is 0 Å². The minimum atomic E-state index is -1.13. The Kier molecular flexibility index (Phi) is 5.72. The first kappa shape index (κ1) is 17.7. The van der Waals surface area contributed by atoms with E-state index in [-0.39, 0.29) is 5.56 Å². The highest BCUT2D eigenvalue weighted by Gasteiger charge is 2.14. The zero-order valence-corrected chi connectivity index (χ0v) is 14.4. The Bertz CT molecular complexity index is 810. The van der Waals surface area contributed by atoms with Gasteiger partial charge in [0.05, 0.1) is 26.6 Å². The van der Waals surface area contributed by atoms with Gasteiger partial charge in [0.25, 0.3) is 0 Å². The number of fused-ring (bicyclic) bond motifs is 1. The molecule has 0 atom stereocenters. The highest BCUT2D eigenvalue weighted by molar-refractivity contribution is 5.93. The summed E-state index contributed by atoms with van der Waals surface area (Å²) in [7, 11) is 4.44. The number of carboxylic acids is 1. The number of nitrogens with zero attached hydrogens (tertiary/aromatic N) is 1. The number of quaternary nitrogens is 1. The van der Waals surface area contributed by atoms with Crippen molar-refractivity contribution in [2.24, 2.45) is 0 Å². The molecule has 124 valence electrons.